The fourth-order valence-corrected chi connectivity index (χ4v) is 2.16. The van der Waals surface area contributed by atoms with Crippen LogP contribution in [0, 0.1) is 13.3 Å². The zero-order valence-corrected chi connectivity index (χ0v) is 10.8. The van der Waals surface area contributed by atoms with E-state index in [2.05, 4.69) is 18.7 Å². The quantitative estimate of drug-likeness (QED) is 0.352. The first kappa shape index (κ1) is 13.6. The van der Waals surface area contributed by atoms with Crippen LogP contribution in [-0.2, 0) is 0 Å². The Morgan fingerprint density at radius 1 is 1.22 bits per heavy atom. The molecule has 1 rings (SSSR count). The molecule has 1 saturated heterocycles. The molecule has 1 fully saturated rings. The van der Waals surface area contributed by atoms with E-state index in [-0.39, 0.29) is 58.8 Å². The van der Waals surface area contributed by atoms with Gasteiger partial charge >= 0.3 is 51.4 Å². The molecular weight excluding hydrogens is 155 g/mol. The van der Waals surface area contributed by atoms with Gasteiger partial charge in [0.2, 0.25) is 0 Å². The van der Waals surface area contributed by atoms with E-state index in [1.54, 1.807) is 0 Å². The molecule has 0 nitrogen and oxygen atoms in total. The van der Waals surface area contributed by atoms with Crippen molar-refractivity contribution < 1.29 is 51.4 Å². The standard InChI is InChI=1S/C6H12S.CH3.K/c1-6-2-4-7-5-3-6;;/h6H,2-5H2,1H3;1H3;/q;-1;+1. The second-order valence-corrected chi connectivity index (χ2v) is 3.52. The number of thioether (sulfide) groups is 1. The Hall–Kier alpha value is 1.99. The van der Waals surface area contributed by atoms with Crippen LogP contribution < -0.4 is 51.4 Å². The summed E-state index contributed by atoms with van der Waals surface area (Å²) in [7, 11) is 0. The summed E-state index contributed by atoms with van der Waals surface area (Å²) in [4.78, 5) is 0. The summed E-state index contributed by atoms with van der Waals surface area (Å²) in [5.41, 5.74) is 0. The van der Waals surface area contributed by atoms with Gasteiger partial charge in [-0.05, 0) is 30.3 Å². The van der Waals surface area contributed by atoms with Gasteiger partial charge in [-0.25, -0.2) is 0 Å². The van der Waals surface area contributed by atoms with Crippen LogP contribution in [0.4, 0.5) is 0 Å². The fourth-order valence-electron chi connectivity index (χ4n) is 0.815. The van der Waals surface area contributed by atoms with Crippen molar-refractivity contribution in [3.05, 3.63) is 7.43 Å². The first-order chi connectivity index (χ1) is 3.39. The Kier molecular flexibility index (Phi) is 12.2. The number of hydrogen-bond donors (Lipinski definition) is 0. The molecule has 0 radical (unpaired) electrons. The molecule has 1 heterocycles. The Morgan fingerprint density at radius 2 is 1.67 bits per heavy atom. The van der Waals surface area contributed by atoms with Crippen LogP contribution in [0.1, 0.15) is 19.8 Å². The molecule has 1 aliphatic heterocycles. The zero-order chi connectivity index (χ0) is 5.11. The predicted molar refractivity (Wildman–Crippen MR) is 42.1 cm³/mol. The number of rotatable bonds is 0. The molecule has 0 aromatic rings. The van der Waals surface area contributed by atoms with Crippen molar-refractivity contribution in [3.8, 4) is 0 Å². The molecule has 0 N–H and O–H groups in total. The van der Waals surface area contributed by atoms with Gasteiger partial charge in [-0.3, -0.25) is 0 Å². The third-order valence-corrected chi connectivity index (χ3v) is 2.56. The summed E-state index contributed by atoms with van der Waals surface area (Å²) in [6, 6.07) is 0. The minimum absolute atomic E-state index is 0. The molecule has 0 saturated carbocycles. The third-order valence-electron chi connectivity index (χ3n) is 1.51. The van der Waals surface area contributed by atoms with E-state index >= 15 is 0 Å². The molecule has 0 aromatic heterocycles. The first-order valence-corrected chi connectivity index (χ1v) is 4.13. The predicted octanol–water partition coefficient (Wildman–Crippen LogP) is -0.396. The van der Waals surface area contributed by atoms with Crippen molar-refractivity contribution in [1.29, 1.82) is 0 Å². The van der Waals surface area contributed by atoms with E-state index in [0.717, 1.165) is 5.92 Å². The Morgan fingerprint density at radius 3 is 1.89 bits per heavy atom. The minimum atomic E-state index is 0. The average molecular weight is 170 g/mol. The minimum Gasteiger partial charge on any atom is -0.358 e. The van der Waals surface area contributed by atoms with E-state index in [0.29, 0.717) is 0 Å². The average Bonchev–Trinajstić information content (AvgIpc) is 1.69. The van der Waals surface area contributed by atoms with Crippen molar-refractivity contribution in [3.63, 3.8) is 0 Å². The molecule has 1 aliphatic rings. The van der Waals surface area contributed by atoms with Crippen molar-refractivity contribution in [1.82, 2.24) is 0 Å². The number of hydrogen-bond acceptors (Lipinski definition) is 1. The van der Waals surface area contributed by atoms with Gasteiger partial charge in [-0.1, -0.05) is 6.92 Å². The van der Waals surface area contributed by atoms with Crippen LogP contribution in [0.2, 0.25) is 0 Å². The molecule has 0 spiro atoms. The summed E-state index contributed by atoms with van der Waals surface area (Å²) in [5.74, 6) is 3.82. The van der Waals surface area contributed by atoms with Crippen molar-refractivity contribution in [2.45, 2.75) is 19.8 Å². The fraction of sp³-hybridized carbons (Fsp3) is 0.857. The second kappa shape index (κ2) is 8.09. The third kappa shape index (κ3) is 6.39. The van der Waals surface area contributed by atoms with Gasteiger partial charge in [0.1, 0.15) is 0 Å². The Bertz CT molecular complexity index is 50.9. The van der Waals surface area contributed by atoms with Gasteiger partial charge in [-0.15, -0.1) is 0 Å². The van der Waals surface area contributed by atoms with Gasteiger partial charge in [0.05, 0.1) is 0 Å². The summed E-state index contributed by atoms with van der Waals surface area (Å²) >= 11 is 2.10. The maximum atomic E-state index is 2.35. The van der Waals surface area contributed by atoms with Crippen molar-refractivity contribution in [2.75, 3.05) is 11.5 Å². The first-order valence-electron chi connectivity index (χ1n) is 2.97. The van der Waals surface area contributed by atoms with Gasteiger partial charge in [0.25, 0.3) is 0 Å². The largest absolute Gasteiger partial charge is 1.00 e. The normalized spacial score (nSPS) is 19.7. The van der Waals surface area contributed by atoms with E-state index in [9.17, 15) is 0 Å². The van der Waals surface area contributed by atoms with Crippen molar-refractivity contribution >= 4 is 11.8 Å². The van der Waals surface area contributed by atoms with E-state index < -0.39 is 0 Å². The molecular formula is C7H15KS. The maximum absolute atomic E-state index is 2.35. The van der Waals surface area contributed by atoms with Crippen LogP contribution in [0.5, 0.6) is 0 Å². The molecule has 0 atom stereocenters. The van der Waals surface area contributed by atoms with E-state index in [1.807, 2.05) is 0 Å². The van der Waals surface area contributed by atoms with E-state index in [1.165, 1.54) is 24.3 Å². The Labute approximate surface area is 106 Å². The van der Waals surface area contributed by atoms with Gasteiger partial charge < -0.3 is 7.43 Å². The van der Waals surface area contributed by atoms with Crippen LogP contribution in [0.25, 0.3) is 0 Å². The Balaban J connectivity index is 0. The van der Waals surface area contributed by atoms with Crippen LogP contribution in [-0.4, -0.2) is 11.5 Å². The molecule has 50 valence electrons. The van der Waals surface area contributed by atoms with Gasteiger partial charge in [-0.2, -0.15) is 11.8 Å². The summed E-state index contributed by atoms with van der Waals surface area (Å²) in [5, 5.41) is 0. The van der Waals surface area contributed by atoms with Gasteiger partial charge in [0.15, 0.2) is 0 Å². The summed E-state index contributed by atoms with van der Waals surface area (Å²) in [6.07, 6.45) is 2.90. The van der Waals surface area contributed by atoms with E-state index in [4.69, 9.17) is 0 Å². The van der Waals surface area contributed by atoms with Crippen LogP contribution >= 0.6 is 11.8 Å². The monoisotopic (exact) mass is 170 g/mol. The van der Waals surface area contributed by atoms with Crippen LogP contribution in [0.3, 0.4) is 0 Å². The SMILES string of the molecule is CC1CCSCC1.[CH3-].[K+]. The molecule has 0 bridgehead atoms. The molecule has 0 unspecified atom stereocenters. The summed E-state index contributed by atoms with van der Waals surface area (Å²) < 4.78 is 0. The van der Waals surface area contributed by atoms with Gasteiger partial charge in [0, 0.05) is 0 Å². The molecule has 9 heavy (non-hydrogen) atoms. The summed E-state index contributed by atoms with van der Waals surface area (Å²) in [6.45, 7) is 2.35. The maximum Gasteiger partial charge on any atom is 1.00 e. The van der Waals surface area contributed by atoms with Crippen molar-refractivity contribution in [2.24, 2.45) is 5.92 Å². The zero-order valence-electron chi connectivity index (χ0n) is 6.81. The molecule has 0 aromatic carbocycles. The molecule has 0 aliphatic carbocycles. The topological polar surface area (TPSA) is 0 Å². The second-order valence-electron chi connectivity index (χ2n) is 2.29. The smallest absolute Gasteiger partial charge is 0.358 e. The molecule has 2 heteroatoms. The van der Waals surface area contributed by atoms with Crippen LogP contribution in [0.15, 0.2) is 0 Å². The molecule has 0 amide bonds.